The van der Waals surface area contributed by atoms with Gasteiger partial charge in [-0.2, -0.15) is 0 Å². The zero-order valence-corrected chi connectivity index (χ0v) is 26.6. The Morgan fingerprint density at radius 1 is 0.851 bits per heavy atom. The highest BCUT2D eigenvalue weighted by Crippen LogP contribution is 2.43. The van der Waals surface area contributed by atoms with E-state index < -0.39 is 5.97 Å². The molecule has 240 valence electrons. The first-order chi connectivity index (χ1) is 23.0. The number of aromatic amines is 1. The van der Waals surface area contributed by atoms with Gasteiger partial charge in [0.25, 0.3) is 0 Å². The number of fused-ring (bicyclic) bond motifs is 3. The van der Waals surface area contributed by atoms with Crippen molar-refractivity contribution in [2.45, 2.75) is 25.3 Å². The van der Waals surface area contributed by atoms with E-state index in [0.29, 0.717) is 23.2 Å². The molecule has 0 bridgehead atoms. The van der Waals surface area contributed by atoms with Gasteiger partial charge in [0.05, 0.1) is 31.4 Å². The van der Waals surface area contributed by atoms with Gasteiger partial charge in [0, 0.05) is 29.2 Å². The molecule has 47 heavy (non-hydrogen) atoms. The lowest BCUT2D eigenvalue weighted by atomic mass is 9.90. The van der Waals surface area contributed by atoms with E-state index in [0.717, 1.165) is 32.1 Å². The summed E-state index contributed by atoms with van der Waals surface area (Å²) in [6.45, 7) is 1.69. The van der Waals surface area contributed by atoms with E-state index in [9.17, 15) is 14.4 Å². The van der Waals surface area contributed by atoms with Crippen molar-refractivity contribution in [3.63, 3.8) is 0 Å². The van der Waals surface area contributed by atoms with Crippen molar-refractivity contribution in [3.8, 4) is 0 Å². The number of carbonyl (C=O) groups is 3. The summed E-state index contributed by atoms with van der Waals surface area (Å²) in [6.07, 6.45) is 5.81. The highest BCUT2D eigenvalue weighted by Gasteiger charge is 2.30. The molecule has 2 heterocycles. The average Bonchev–Trinajstić information content (AvgIpc) is 3.73. The first-order valence-electron chi connectivity index (χ1n) is 15.6. The summed E-state index contributed by atoms with van der Waals surface area (Å²) in [7, 11) is 2.72. The van der Waals surface area contributed by atoms with Gasteiger partial charge in [-0.05, 0) is 89.5 Å². The molecule has 1 aliphatic carbocycles. The SMILES string of the molecule is COC(=O)c1ccc(C2NCCC3=C2Cc2ccccc23)cc1.COC(=O)c1ccc(C=O)cc1.NCCc1c[nH]c2ccccc12. The first kappa shape index (κ1) is 33.1. The number of carbonyl (C=O) groups excluding carboxylic acids is 3. The largest absolute Gasteiger partial charge is 0.465 e. The van der Waals surface area contributed by atoms with Crippen LogP contribution >= 0.6 is 0 Å². The number of hydrogen-bond donors (Lipinski definition) is 3. The maximum Gasteiger partial charge on any atom is 0.337 e. The predicted octanol–water partition coefficient (Wildman–Crippen LogP) is 6.47. The molecule has 8 heteroatoms. The molecule has 1 atom stereocenters. The van der Waals surface area contributed by atoms with Gasteiger partial charge in [0.1, 0.15) is 6.29 Å². The fourth-order valence-corrected chi connectivity index (χ4v) is 6.05. The molecule has 0 saturated carbocycles. The van der Waals surface area contributed by atoms with E-state index in [-0.39, 0.29) is 12.0 Å². The fraction of sp³-hybridized carbons (Fsp3) is 0.205. The standard InChI is InChI=1S/C20H19NO2.C10H12N2.C9H8O3/c1-23-20(22)14-8-6-13(7-9-14)19-18-12-15-4-2-3-5-16(15)17(18)10-11-21-19;11-6-5-8-7-12-10-4-2-1-3-9(8)10;1-12-9(11)8-4-2-7(6-10)3-5-8/h2-9,19,21H,10-12H2,1H3;1-4,7,12H,5-6,11H2;2-6H,1H3. The molecular weight excluding hydrogens is 590 g/mol. The number of benzene rings is 4. The van der Waals surface area contributed by atoms with Gasteiger partial charge in [-0.15, -0.1) is 0 Å². The predicted molar refractivity (Wildman–Crippen MR) is 184 cm³/mol. The maximum atomic E-state index is 11.6. The van der Waals surface area contributed by atoms with E-state index in [4.69, 9.17) is 10.5 Å². The molecule has 4 N–H and O–H groups in total. The lowest BCUT2D eigenvalue weighted by Gasteiger charge is -2.27. The Hall–Kier alpha value is -5.31. The van der Waals surface area contributed by atoms with Crippen LogP contribution in [0.1, 0.15) is 65.8 Å². The van der Waals surface area contributed by atoms with E-state index in [1.165, 1.54) is 58.5 Å². The van der Waals surface area contributed by atoms with Crippen LogP contribution in [0.15, 0.2) is 109 Å². The Kier molecular flexibility index (Phi) is 11.1. The van der Waals surface area contributed by atoms with Crippen molar-refractivity contribution < 1.29 is 23.9 Å². The molecule has 1 aromatic heterocycles. The molecule has 0 saturated heterocycles. The van der Waals surface area contributed by atoms with Crippen LogP contribution in [0.3, 0.4) is 0 Å². The molecule has 0 fully saturated rings. The number of rotatable bonds is 6. The third kappa shape index (κ3) is 7.74. The summed E-state index contributed by atoms with van der Waals surface area (Å²) in [5, 5.41) is 4.92. The van der Waals surface area contributed by atoms with Gasteiger partial charge in [0.15, 0.2) is 0 Å². The van der Waals surface area contributed by atoms with Crippen molar-refractivity contribution in [2.75, 3.05) is 27.3 Å². The lowest BCUT2D eigenvalue weighted by Crippen LogP contribution is -2.28. The zero-order chi connectivity index (χ0) is 33.2. The van der Waals surface area contributed by atoms with Crippen LogP contribution in [0.2, 0.25) is 0 Å². The Morgan fingerprint density at radius 2 is 1.49 bits per heavy atom. The normalized spacial score (nSPS) is 14.5. The van der Waals surface area contributed by atoms with Gasteiger partial charge in [-0.3, -0.25) is 4.79 Å². The summed E-state index contributed by atoms with van der Waals surface area (Å²) in [6, 6.07) is 31.2. The minimum Gasteiger partial charge on any atom is -0.465 e. The molecular formula is C39H39N3O5. The van der Waals surface area contributed by atoms with E-state index in [1.807, 2.05) is 36.5 Å². The number of ether oxygens (including phenoxy) is 2. The number of methoxy groups -OCH3 is 2. The molecule has 5 aromatic rings. The first-order valence-corrected chi connectivity index (χ1v) is 15.6. The second kappa shape index (κ2) is 15.8. The minimum absolute atomic E-state index is 0.234. The van der Waals surface area contributed by atoms with Crippen LogP contribution in [0.5, 0.6) is 0 Å². The van der Waals surface area contributed by atoms with E-state index in [2.05, 4.69) is 57.5 Å². The number of aldehydes is 1. The monoisotopic (exact) mass is 629 g/mol. The van der Waals surface area contributed by atoms with Crippen molar-refractivity contribution >= 4 is 34.7 Å². The molecule has 8 nitrogen and oxygen atoms in total. The highest BCUT2D eigenvalue weighted by atomic mass is 16.5. The number of para-hydroxylation sites is 1. The molecule has 1 aliphatic heterocycles. The number of aromatic nitrogens is 1. The maximum absolute atomic E-state index is 11.6. The smallest absolute Gasteiger partial charge is 0.337 e. The lowest BCUT2D eigenvalue weighted by molar-refractivity contribution is 0.0592. The summed E-state index contributed by atoms with van der Waals surface area (Å²) in [5.74, 6) is -0.686. The average molecular weight is 630 g/mol. The summed E-state index contributed by atoms with van der Waals surface area (Å²) < 4.78 is 9.25. The second-order valence-electron chi connectivity index (χ2n) is 11.2. The Labute approximate surface area is 274 Å². The van der Waals surface area contributed by atoms with Crippen LogP contribution in [-0.2, 0) is 22.3 Å². The molecule has 7 rings (SSSR count). The number of nitrogens with two attached hydrogens (primary N) is 1. The summed E-state index contributed by atoms with van der Waals surface area (Å²) in [5.41, 5.74) is 16.6. The third-order valence-electron chi connectivity index (χ3n) is 8.40. The molecule has 0 amide bonds. The second-order valence-corrected chi connectivity index (χ2v) is 11.2. The molecule has 0 spiro atoms. The fourth-order valence-electron chi connectivity index (χ4n) is 6.05. The molecule has 2 aliphatic rings. The van der Waals surface area contributed by atoms with Gasteiger partial charge in [0.2, 0.25) is 0 Å². The van der Waals surface area contributed by atoms with Crippen LogP contribution < -0.4 is 11.1 Å². The number of esters is 2. The Morgan fingerprint density at radius 3 is 2.15 bits per heavy atom. The molecule has 0 radical (unpaired) electrons. The minimum atomic E-state index is -0.396. The van der Waals surface area contributed by atoms with Crippen LogP contribution in [-0.4, -0.2) is 50.5 Å². The van der Waals surface area contributed by atoms with Crippen LogP contribution in [0.4, 0.5) is 0 Å². The number of H-pyrrole nitrogens is 1. The summed E-state index contributed by atoms with van der Waals surface area (Å²) in [4.78, 5) is 35.9. The van der Waals surface area contributed by atoms with Gasteiger partial charge in [-0.25, -0.2) is 9.59 Å². The van der Waals surface area contributed by atoms with Gasteiger partial charge >= 0.3 is 11.9 Å². The van der Waals surface area contributed by atoms with Gasteiger partial charge in [-0.1, -0.05) is 66.7 Å². The Balaban J connectivity index is 0.000000153. The molecule has 1 unspecified atom stereocenters. The van der Waals surface area contributed by atoms with E-state index in [1.54, 1.807) is 24.3 Å². The third-order valence-corrected chi connectivity index (χ3v) is 8.40. The van der Waals surface area contributed by atoms with E-state index >= 15 is 0 Å². The Bertz CT molecular complexity index is 1870. The van der Waals surface area contributed by atoms with Crippen molar-refractivity contribution in [2.24, 2.45) is 5.73 Å². The van der Waals surface area contributed by atoms with Crippen LogP contribution in [0.25, 0.3) is 16.5 Å². The number of hydrogen-bond acceptors (Lipinski definition) is 7. The van der Waals surface area contributed by atoms with Crippen molar-refractivity contribution in [3.05, 3.63) is 148 Å². The van der Waals surface area contributed by atoms with Crippen LogP contribution in [0, 0.1) is 0 Å². The van der Waals surface area contributed by atoms with Crippen molar-refractivity contribution in [1.82, 2.24) is 10.3 Å². The topological polar surface area (TPSA) is 124 Å². The zero-order valence-electron chi connectivity index (χ0n) is 26.6. The number of nitrogens with one attached hydrogen (secondary N) is 2. The van der Waals surface area contributed by atoms with Gasteiger partial charge < -0.3 is 25.5 Å². The molecule has 4 aromatic carbocycles. The highest BCUT2D eigenvalue weighted by molar-refractivity contribution is 5.90. The summed E-state index contributed by atoms with van der Waals surface area (Å²) >= 11 is 0. The van der Waals surface area contributed by atoms with Crippen molar-refractivity contribution in [1.29, 1.82) is 0 Å². The quantitative estimate of drug-likeness (QED) is 0.145.